The molecule has 1 fully saturated rings. The van der Waals surface area contributed by atoms with E-state index in [4.69, 9.17) is 16.3 Å². The molecule has 76 valence electrons. The van der Waals surface area contributed by atoms with E-state index in [9.17, 15) is 0 Å². The fraction of sp³-hybridized carbons (Fsp3) is 0.500. The van der Waals surface area contributed by atoms with E-state index in [-0.39, 0.29) is 5.54 Å². The molecular weight excluding hydrogens is 200 g/mol. The number of nitrogens with one attached hydrogen (secondary N) is 1. The smallest absolute Gasteiger partial charge is 0.145 e. The summed E-state index contributed by atoms with van der Waals surface area (Å²) in [5, 5.41) is 3.97. The van der Waals surface area contributed by atoms with Crippen LogP contribution in [0.1, 0.15) is 13.3 Å². The van der Waals surface area contributed by atoms with Crippen molar-refractivity contribution >= 4 is 17.4 Å². The third kappa shape index (κ3) is 1.99. The Balaban J connectivity index is 2.14. The molecule has 1 N–H and O–H groups in total. The summed E-state index contributed by atoms with van der Waals surface area (Å²) < 4.78 is 5.34. The molecule has 0 saturated carbocycles. The van der Waals surface area contributed by atoms with Gasteiger partial charge in [0.05, 0.1) is 17.2 Å². The molecule has 1 aromatic rings. The number of hydrogen-bond acceptors (Lipinski definition) is 3. The van der Waals surface area contributed by atoms with Gasteiger partial charge in [0.25, 0.3) is 0 Å². The Labute approximate surface area is 88.4 Å². The molecule has 1 atom stereocenters. The van der Waals surface area contributed by atoms with Crippen molar-refractivity contribution in [2.24, 2.45) is 0 Å². The van der Waals surface area contributed by atoms with Gasteiger partial charge < -0.3 is 10.1 Å². The minimum absolute atomic E-state index is 0.0298. The minimum atomic E-state index is -0.0298. The quantitative estimate of drug-likeness (QED) is 0.817. The average molecular weight is 213 g/mol. The minimum Gasteiger partial charge on any atom is -0.379 e. The van der Waals surface area contributed by atoms with E-state index in [0.717, 1.165) is 18.8 Å². The summed E-state index contributed by atoms with van der Waals surface area (Å²) in [6.07, 6.45) is 2.72. The van der Waals surface area contributed by atoms with Crippen LogP contribution in [0.3, 0.4) is 0 Å². The highest BCUT2D eigenvalue weighted by atomic mass is 35.5. The van der Waals surface area contributed by atoms with Gasteiger partial charge in [0, 0.05) is 12.8 Å². The van der Waals surface area contributed by atoms with Crippen LogP contribution in [0.25, 0.3) is 0 Å². The number of hydrogen-bond donors (Lipinski definition) is 1. The van der Waals surface area contributed by atoms with Crippen LogP contribution in [0, 0.1) is 0 Å². The van der Waals surface area contributed by atoms with Gasteiger partial charge in [-0.05, 0) is 25.5 Å². The first kappa shape index (κ1) is 9.74. The maximum absolute atomic E-state index is 6.00. The lowest BCUT2D eigenvalue weighted by atomic mass is 10.0. The molecule has 0 amide bonds. The number of nitrogens with zero attached hydrogens (tertiary/aromatic N) is 1. The third-order valence-corrected chi connectivity index (χ3v) is 2.70. The Morgan fingerprint density at radius 2 is 2.50 bits per heavy atom. The van der Waals surface area contributed by atoms with E-state index in [1.54, 1.807) is 6.20 Å². The van der Waals surface area contributed by atoms with E-state index in [1.807, 2.05) is 12.1 Å². The lowest BCUT2D eigenvalue weighted by Crippen LogP contribution is -2.35. The molecule has 1 aliphatic rings. The van der Waals surface area contributed by atoms with Gasteiger partial charge in [0.1, 0.15) is 5.82 Å². The summed E-state index contributed by atoms with van der Waals surface area (Å²) in [6, 6.07) is 3.65. The van der Waals surface area contributed by atoms with Crippen molar-refractivity contribution in [1.82, 2.24) is 4.98 Å². The number of rotatable bonds is 2. The molecule has 2 heterocycles. The molecule has 14 heavy (non-hydrogen) atoms. The molecule has 2 rings (SSSR count). The van der Waals surface area contributed by atoms with Gasteiger partial charge in [-0.2, -0.15) is 0 Å². The highest BCUT2D eigenvalue weighted by molar-refractivity contribution is 6.32. The Kier molecular flexibility index (Phi) is 2.61. The fourth-order valence-corrected chi connectivity index (χ4v) is 1.70. The van der Waals surface area contributed by atoms with Gasteiger partial charge in [-0.3, -0.25) is 0 Å². The largest absolute Gasteiger partial charge is 0.379 e. The first-order valence-corrected chi connectivity index (χ1v) is 5.04. The van der Waals surface area contributed by atoms with Crippen LogP contribution in [-0.2, 0) is 4.74 Å². The van der Waals surface area contributed by atoms with Gasteiger partial charge in [-0.25, -0.2) is 4.98 Å². The molecule has 0 spiro atoms. The monoisotopic (exact) mass is 212 g/mol. The standard InChI is InChI=1S/C10H13ClN2O/c1-10(4-6-14-7-10)13-9-8(11)3-2-5-12-9/h2-3,5H,4,6-7H2,1H3,(H,12,13). The third-order valence-electron chi connectivity index (χ3n) is 2.40. The normalized spacial score (nSPS) is 26.4. The van der Waals surface area contributed by atoms with Crippen molar-refractivity contribution in [2.45, 2.75) is 18.9 Å². The first-order valence-electron chi connectivity index (χ1n) is 4.66. The van der Waals surface area contributed by atoms with Crippen molar-refractivity contribution in [1.29, 1.82) is 0 Å². The van der Waals surface area contributed by atoms with E-state index in [1.165, 1.54) is 0 Å². The van der Waals surface area contributed by atoms with Crippen molar-refractivity contribution in [2.75, 3.05) is 18.5 Å². The summed E-state index contributed by atoms with van der Waals surface area (Å²) in [6.45, 7) is 3.62. The molecule has 1 saturated heterocycles. The Morgan fingerprint density at radius 1 is 1.64 bits per heavy atom. The number of ether oxygens (including phenoxy) is 1. The van der Waals surface area contributed by atoms with Gasteiger partial charge in [-0.15, -0.1) is 0 Å². The second-order valence-electron chi connectivity index (χ2n) is 3.82. The molecule has 1 aliphatic heterocycles. The number of aromatic nitrogens is 1. The maximum Gasteiger partial charge on any atom is 0.145 e. The number of halogens is 1. The van der Waals surface area contributed by atoms with Crippen LogP contribution in [0.4, 0.5) is 5.82 Å². The van der Waals surface area contributed by atoms with Gasteiger partial charge in [0.2, 0.25) is 0 Å². The molecule has 0 bridgehead atoms. The van der Waals surface area contributed by atoms with E-state index < -0.39 is 0 Å². The second-order valence-corrected chi connectivity index (χ2v) is 4.23. The highest BCUT2D eigenvalue weighted by Crippen LogP contribution is 2.26. The molecule has 0 aromatic carbocycles. The van der Waals surface area contributed by atoms with Gasteiger partial charge in [-0.1, -0.05) is 11.6 Å². The Hall–Kier alpha value is -0.800. The number of anilines is 1. The molecule has 1 unspecified atom stereocenters. The molecule has 3 nitrogen and oxygen atoms in total. The van der Waals surface area contributed by atoms with Crippen molar-refractivity contribution in [3.8, 4) is 0 Å². The first-order chi connectivity index (χ1) is 6.70. The SMILES string of the molecule is CC1(Nc2ncccc2Cl)CCOC1. The zero-order valence-electron chi connectivity index (χ0n) is 8.09. The predicted molar refractivity (Wildman–Crippen MR) is 56.7 cm³/mol. The summed E-state index contributed by atoms with van der Waals surface area (Å²) in [4.78, 5) is 4.19. The van der Waals surface area contributed by atoms with Crippen LogP contribution in [-0.4, -0.2) is 23.7 Å². The van der Waals surface area contributed by atoms with Crippen LogP contribution in [0.15, 0.2) is 18.3 Å². The van der Waals surface area contributed by atoms with Crippen LogP contribution >= 0.6 is 11.6 Å². The van der Waals surface area contributed by atoms with Crippen molar-refractivity contribution < 1.29 is 4.74 Å². The zero-order valence-corrected chi connectivity index (χ0v) is 8.84. The van der Waals surface area contributed by atoms with Crippen LogP contribution in [0.2, 0.25) is 5.02 Å². The lowest BCUT2D eigenvalue weighted by molar-refractivity contribution is 0.185. The highest BCUT2D eigenvalue weighted by Gasteiger charge is 2.30. The Morgan fingerprint density at radius 3 is 3.14 bits per heavy atom. The zero-order chi connectivity index (χ0) is 10.0. The molecule has 1 aromatic heterocycles. The van der Waals surface area contributed by atoms with Crippen LogP contribution in [0.5, 0.6) is 0 Å². The predicted octanol–water partition coefficient (Wildman–Crippen LogP) is 2.33. The number of pyridine rings is 1. The average Bonchev–Trinajstić information content (AvgIpc) is 2.57. The fourth-order valence-electron chi connectivity index (χ4n) is 1.53. The van der Waals surface area contributed by atoms with Crippen molar-refractivity contribution in [3.05, 3.63) is 23.4 Å². The van der Waals surface area contributed by atoms with Gasteiger partial charge >= 0.3 is 0 Å². The summed E-state index contributed by atoms with van der Waals surface area (Å²) in [7, 11) is 0. The van der Waals surface area contributed by atoms with E-state index in [0.29, 0.717) is 11.6 Å². The lowest BCUT2D eigenvalue weighted by Gasteiger charge is -2.24. The van der Waals surface area contributed by atoms with Crippen molar-refractivity contribution in [3.63, 3.8) is 0 Å². The summed E-state index contributed by atoms with van der Waals surface area (Å²) >= 11 is 6.00. The second kappa shape index (κ2) is 3.75. The Bertz CT molecular complexity index is 324. The summed E-state index contributed by atoms with van der Waals surface area (Å²) in [5.74, 6) is 0.738. The maximum atomic E-state index is 6.00. The van der Waals surface area contributed by atoms with E-state index in [2.05, 4.69) is 17.2 Å². The van der Waals surface area contributed by atoms with Crippen LogP contribution < -0.4 is 5.32 Å². The molecule has 0 radical (unpaired) electrons. The summed E-state index contributed by atoms with van der Waals surface area (Å²) in [5.41, 5.74) is -0.0298. The van der Waals surface area contributed by atoms with E-state index >= 15 is 0 Å². The van der Waals surface area contributed by atoms with Gasteiger partial charge in [0.15, 0.2) is 0 Å². The molecular formula is C10H13ClN2O. The molecule has 0 aliphatic carbocycles. The topological polar surface area (TPSA) is 34.2 Å². The molecule has 4 heteroatoms.